The monoisotopic (exact) mass is 366 g/mol. The van der Waals surface area contributed by atoms with E-state index < -0.39 is 0 Å². The Bertz CT molecular complexity index is 831. The second-order valence-corrected chi connectivity index (χ2v) is 8.34. The number of nitrogens with zero attached hydrogens (tertiary/aromatic N) is 2. The van der Waals surface area contributed by atoms with Gasteiger partial charge in [-0.25, -0.2) is 9.97 Å². The number of thiazole rings is 2. The van der Waals surface area contributed by atoms with Crippen LogP contribution >= 0.6 is 45.3 Å². The molecule has 0 radical (unpaired) electrons. The Balaban J connectivity index is 1.70. The Morgan fingerprint density at radius 3 is 1.50 bits per heavy atom. The van der Waals surface area contributed by atoms with Crippen molar-refractivity contribution in [1.82, 2.24) is 9.97 Å². The van der Waals surface area contributed by atoms with Gasteiger partial charge in [-0.1, -0.05) is 45.3 Å². The molecule has 4 nitrogen and oxygen atoms in total. The number of hydrogen-bond acceptors (Lipinski definition) is 8. The van der Waals surface area contributed by atoms with Gasteiger partial charge in [0.1, 0.15) is 10.0 Å². The van der Waals surface area contributed by atoms with E-state index in [0.717, 1.165) is 39.6 Å². The van der Waals surface area contributed by atoms with Gasteiger partial charge in [-0.05, 0) is 24.3 Å². The molecule has 0 bridgehead atoms. The van der Waals surface area contributed by atoms with Crippen LogP contribution in [0.2, 0.25) is 0 Å². The molecule has 112 valence electrons. The van der Waals surface area contributed by atoms with Crippen LogP contribution in [0.3, 0.4) is 0 Å². The molecule has 0 unspecified atom stereocenters. The van der Waals surface area contributed by atoms with Crippen molar-refractivity contribution in [3.63, 3.8) is 0 Å². The SMILES string of the molecule is COc1ccc(-c2nc3sc(-c4ccc(OC)s4)nc3s2)s1. The molecule has 0 aliphatic rings. The second kappa shape index (κ2) is 5.62. The molecule has 0 N–H and O–H groups in total. The number of rotatable bonds is 4. The van der Waals surface area contributed by atoms with Gasteiger partial charge in [0, 0.05) is 0 Å². The van der Waals surface area contributed by atoms with E-state index in [4.69, 9.17) is 19.4 Å². The van der Waals surface area contributed by atoms with Crippen molar-refractivity contribution in [2.45, 2.75) is 0 Å². The lowest BCUT2D eigenvalue weighted by Gasteiger charge is -1.91. The Kier molecular flexibility index (Phi) is 3.61. The van der Waals surface area contributed by atoms with Crippen LogP contribution < -0.4 is 9.47 Å². The van der Waals surface area contributed by atoms with Crippen molar-refractivity contribution < 1.29 is 9.47 Å². The molecule has 0 atom stereocenters. The maximum absolute atomic E-state index is 5.23. The van der Waals surface area contributed by atoms with Crippen LogP contribution in [0.4, 0.5) is 0 Å². The zero-order valence-corrected chi connectivity index (χ0v) is 14.9. The second-order valence-electron chi connectivity index (χ2n) is 4.29. The minimum Gasteiger partial charge on any atom is -0.487 e. The molecule has 0 aromatic carbocycles. The minimum atomic E-state index is 0.896. The zero-order valence-electron chi connectivity index (χ0n) is 11.7. The molecule has 0 saturated heterocycles. The van der Waals surface area contributed by atoms with E-state index >= 15 is 0 Å². The number of hydrogen-bond donors (Lipinski definition) is 0. The Morgan fingerprint density at radius 2 is 1.14 bits per heavy atom. The number of ether oxygens (including phenoxy) is 2. The topological polar surface area (TPSA) is 44.2 Å². The Morgan fingerprint density at radius 1 is 0.682 bits per heavy atom. The van der Waals surface area contributed by atoms with Crippen LogP contribution in [0.15, 0.2) is 24.3 Å². The van der Waals surface area contributed by atoms with Crippen molar-refractivity contribution in [2.24, 2.45) is 0 Å². The predicted octanol–water partition coefficient (Wildman–Crippen LogP) is 5.23. The molecule has 4 aromatic heterocycles. The quantitative estimate of drug-likeness (QED) is 0.496. The predicted molar refractivity (Wildman–Crippen MR) is 95.0 cm³/mol. The van der Waals surface area contributed by atoms with E-state index in [0.29, 0.717) is 0 Å². The van der Waals surface area contributed by atoms with Crippen molar-refractivity contribution in [3.05, 3.63) is 24.3 Å². The molecule has 22 heavy (non-hydrogen) atoms. The normalized spacial score (nSPS) is 11.2. The lowest BCUT2D eigenvalue weighted by atomic mass is 10.5. The highest BCUT2D eigenvalue weighted by Gasteiger charge is 2.15. The van der Waals surface area contributed by atoms with E-state index in [2.05, 4.69) is 0 Å². The van der Waals surface area contributed by atoms with E-state index in [1.165, 1.54) is 0 Å². The third kappa shape index (κ3) is 2.41. The summed E-state index contributed by atoms with van der Waals surface area (Å²) in [6, 6.07) is 8.01. The summed E-state index contributed by atoms with van der Waals surface area (Å²) in [5, 5.41) is 3.79. The van der Waals surface area contributed by atoms with Crippen molar-refractivity contribution >= 4 is 55.0 Å². The average Bonchev–Trinajstić information content (AvgIpc) is 3.27. The molecular weight excluding hydrogens is 356 g/mol. The van der Waals surface area contributed by atoms with Gasteiger partial charge in [0.25, 0.3) is 0 Å². The van der Waals surface area contributed by atoms with Gasteiger partial charge in [-0.2, -0.15) is 0 Å². The van der Waals surface area contributed by atoms with Crippen molar-refractivity contribution in [2.75, 3.05) is 14.2 Å². The standard InChI is InChI=1S/C14H10N2O2S4/c1-17-9-5-3-7(19-9)11-15-13-14(21-11)16-12(22-13)8-4-6-10(18-2)20-8/h3-6H,1-2H3. The van der Waals surface area contributed by atoms with Crippen LogP contribution in [0.5, 0.6) is 10.1 Å². The highest BCUT2D eigenvalue weighted by Crippen LogP contribution is 2.42. The van der Waals surface area contributed by atoms with Crippen LogP contribution in [0.25, 0.3) is 29.4 Å². The lowest BCUT2D eigenvalue weighted by molar-refractivity contribution is 0.427. The molecule has 4 heterocycles. The van der Waals surface area contributed by atoms with Gasteiger partial charge in [0.15, 0.2) is 19.8 Å². The Hall–Kier alpha value is -1.48. The maximum atomic E-state index is 5.23. The molecule has 4 rings (SSSR count). The van der Waals surface area contributed by atoms with Gasteiger partial charge >= 0.3 is 0 Å². The molecule has 0 aliphatic carbocycles. The number of methoxy groups -OCH3 is 2. The van der Waals surface area contributed by atoms with Crippen LogP contribution in [-0.2, 0) is 0 Å². The smallest absolute Gasteiger partial charge is 0.173 e. The van der Waals surface area contributed by atoms with E-state index in [-0.39, 0.29) is 0 Å². The highest BCUT2D eigenvalue weighted by atomic mass is 32.1. The third-order valence-electron chi connectivity index (χ3n) is 2.96. The molecular formula is C14H10N2O2S4. The van der Waals surface area contributed by atoms with Gasteiger partial charge in [-0.15, -0.1) is 0 Å². The summed E-state index contributed by atoms with van der Waals surface area (Å²) in [5.41, 5.74) is 0. The number of aromatic nitrogens is 2. The fourth-order valence-electron chi connectivity index (χ4n) is 1.94. The third-order valence-corrected chi connectivity index (χ3v) is 7.42. The zero-order chi connectivity index (χ0) is 15.1. The van der Waals surface area contributed by atoms with E-state index in [1.54, 1.807) is 59.6 Å². The van der Waals surface area contributed by atoms with Gasteiger partial charge in [0.2, 0.25) is 0 Å². The fourth-order valence-corrected chi connectivity index (χ4v) is 5.74. The molecule has 0 saturated carbocycles. The maximum Gasteiger partial charge on any atom is 0.173 e. The van der Waals surface area contributed by atoms with Gasteiger partial charge in [0.05, 0.1) is 24.0 Å². The first-order valence-electron chi connectivity index (χ1n) is 6.32. The Labute approximate surface area is 142 Å². The fraction of sp³-hybridized carbons (Fsp3) is 0.143. The highest BCUT2D eigenvalue weighted by molar-refractivity contribution is 7.32. The van der Waals surface area contributed by atoms with Gasteiger partial charge < -0.3 is 9.47 Å². The molecule has 8 heteroatoms. The molecule has 0 fully saturated rings. The number of thiophene rings is 2. The van der Waals surface area contributed by atoms with Crippen molar-refractivity contribution in [3.8, 4) is 29.9 Å². The van der Waals surface area contributed by atoms with Crippen LogP contribution in [-0.4, -0.2) is 24.2 Å². The van der Waals surface area contributed by atoms with Crippen molar-refractivity contribution in [1.29, 1.82) is 0 Å². The summed E-state index contributed by atoms with van der Waals surface area (Å²) in [5.74, 6) is 0. The first-order chi connectivity index (χ1) is 10.8. The van der Waals surface area contributed by atoms with Crippen LogP contribution in [0.1, 0.15) is 0 Å². The summed E-state index contributed by atoms with van der Waals surface area (Å²) < 4.78 is 10.5. The first kappa shape index (κ1) is 14.1. The minimum absolute atomic E-state index is 0.896. The molecule has 0 spiro atoms. The van der Waals surface area contributed by atoms with E-state index in [9.17, 15) is 0 Å². The summed E-state index contributed by atoms with van der Waals surface area (Å²) in [6.45, 7) is 0. The average molecular weight is 367 g/mol. The summed E-state index contributed by atoms with van der Waals surface area (Å²) in [6.07, 6.45) is 0. The van der Waals surface area contributed by atoms with Gasteiger partial charge in [-0.3, -0.25) is 0 Å². The largest absolute Gasteiger partial charge is 0.487 e. The summed E-state index contributed by atoms with van der Waals surface area (Å²) >= 11 is 6.44. The van der Waals surface area contributed by atoms with E-state index in [1.807, 2.05) is 24.3 Å². The summed E-state index contributed by atoms with van der Waals surface area (Å²) in [4.78, 5) is 13.6. The van der Waals surface area contributed by atoms with Crippen LogP contribution in [0, 0.1) is 0 Å². The summed E-state index contributed by atoms with van der Waals surface area (Å²) in [7, 11) is 3.36. The molecule has 0 amide bonds. The molecule has 0 aliphatic heterocycles. The lowest BCUT2D eigenvalue weighted by Crippen LogP contribution is -1.73. The number of fused-ring (bicyclic) bond motifs is 1. The first-order valence-corrected chi connectivity index (χ1v) is 9.59. The molecule has 4 aromatic rings.